The van der Waals surface area contributed by atoms with Crippen molar-refractivity contribution in [3.05, 3.63) is 87.8 Å². The van der Waals surface area contributed by atoms with Crippen molar-refractivity contribution < 1.29 is 13.2 Å². The summed E-state index contributed by atoms with van der Waals surface area (Å²) in [5, 5.41) is 3.28. The molecule has 2 aromatic carbocycles. The molecule has 0 bridgehead atoms. The van der Waals surface area contributed by atoms with Crippen LogP contribution in [0.2, 0.25) is 0 Å². The van der Waals surface area contributed by atoms with E-state index in [9.17, 15) is 13.2 Å². The highest BCUT2D eigenvalue weighted by Crippen LogP contribution is 2.26. The number of aromatic nitrogens is 1. The molecule has 0 atom stereocenters. The molecular formula is C24H25N3O3S3. The molecule has 1 aliphatic rings. The molecule has 1 fully saturated rings. The van der Waals surface area contributed by atoms with Crippen molar-refractivity contribution in [1.29, 1.82) is 0 Å². The third-order valence-electron chi connectivity index (χ3n) is 5.28. The van der Waals surface area contributed by atoms with Crippen molar-refractivity contribution in [1.82, 2.24) is 14.2 Å². The summed E-state index contributed by atoms with van der Waals surface area (Å²) in [6.45, 7) is 3.30. The highest BCUT2D eigenvalue weighted by Gasteiger charge is 2.27. The summed E-state index contributed by atoms with van der Waals surface area (Å²) in [7, 11) is -3.52. The highest BCUT2D eigenvalue weighted by atomic mass is 32.2. The molecule has 6 nitrogen and oxygen atoms in total. The van der Waals surface area contributed by atoms with Crippen molar-refractivity contribution in [3.63, 3.8) is 0 Å². The van der Waals surface area contributed by atoms with Gasteiger partial charge in [-0.1, -0.05) is 54.2 Å². The van der Waals surface area contributed by atoms with Crippen LogP contribution in [0.25, 0.3) is 6.08 Å². The van der Waals surface area contributed by atoms with Gasteiger partial charge in [-0.2, -0.15) is 4.31 Å². The van der Waals surface area contributed by atoms with Crippen LogP contribution in [0, 0.1) is 6.92 Å². The van der Waals surface area contributed by atoms with Crippen molar-refractivity contribution in [3.8, 4) is 0 Å². The summed E-state index contributed by atoms with van der Waals surface area (Å²) in [6.07, 6.45) is 1.60. The molecule has 172 valence electrons. The minimum absolute atomic E-state index is 0.0679. The van der Waals surface area contributed by atoms with Gasteiger partial charge in [0, 0.05) is 54.0 Å². The maximum absolute atomic E-state index is 12.9. The van der Waals surface area contributed by atoms with E-state index in [0.717, 1.165) is 26.9 Å². The number of sulfonamides is 1. The van der Waals surface area contributed by atoms with Crippen molar-refractivity contribution >= 4 is 45.1 Å². The molecule has 0 spiro atoms. The molecule has 3 aromatic rings. The maximum Gasteiger partial charge on any atom is 0.253 e. The van der Waals surface area contributed by atoms with Gasteiger partial charge in [-0.15, -0.1) is 11.3 Å². The molecule has 0 aliphatic carbocycles. The zero-order chi connectivity index (χ0) is 23.3. The number of aryl methyl sites for hydroxylation is 1. The van der Waals surface area contributed by atoms with Crippen molar-refractivity contribution in [2.45, 2.75) is 17.0 Å². The quantitative estimate of drug-likeness (QED) is 0.448. The zero-order valence-corrected chi connectivity index (χ0v) is 20.7. The first-order valence-corrected chi connectivity index (χ1v) is 13.9. The lowest BCUT2D eigenvalue weighted by Gasteiger charge is -2.33. The number of nitrogens with zero attached hydrogens (tertiary/aromatic N) is 3. The van der Waals surface area contributed by atoms with Crippen molar-refractivity contribution in [2.75, 3.05) is 26.2 Å². The average molecular weight is 500 g/mol. The Labute approximate surface area is 203 Å². The highest BCUT2D eigenvalue weighted by molar-refractivity contribution is 8.00. The molecule has 4 rings (SSSR count). The number of hydrogen-bond acceptors (Lipinski definition) is 6. The summed E-state index contributed by atoms with van der Waals surface area (Å²) in [4.78, 5) is 19.1. The van der Waals surface area contributed by atoms with E-state index in [1.54, 1.807) is 34.1 Å². The van der Waals surface area contributed by atoms with Crippen LogP contribution in [-0.2, 0) is 15.8 Å². The van der Waals surface area contributed by atoms with Gasteiger partial charge < -0.3 is 4.90 Å². The van der Waals surface area contributed by atoms with Gasteiger partial charge in [0.15, 0.2) is 0 Å². The number of benzene rings is 2. The van der Waals surface area contributed by atoms with E-state index in [2.05, 4.69) is 4.98 Å². The Kier molecular flexibility index (Phi) is 7.64. The second-order valence-electron chi connectivity index (χ2n) is 7.69. The largest absolute Gasteiger partial charge is 0.336 e. The van der Waals surface area contributed by atoms with Gasteiger partial charge >= 0.3 is 0 Å². The number of thiazole rings is 1. The predicted molar refractivity (Wildman–Crippen MR) is 135 cm³/mol. The van der Waals surface area contributed by atoms with E-state index in [1.807, 2.05) is 66.9 Å². The lowest BCUT2D eigenvalue weighted by atomic mass is 10.1. The Morgan fingerprint density at radius 3 is 2.39 bits per heavy atom. The van der Waals surface area contributed by atoms with E-state index in [4.69, 9.17) is 0 Å². The number of hydrogen-bond donors (Lipinski definition) is 0. The first-order valence-electron chi connectivity index (χ1n) is 10.6. The van der Waals surface area contributed by atoms with Gasteiger partial charge in [-0.05, 0) is 36.3 Å². The molecule has 1 aliphatic heterocycles. The molecule has 1 aromatic heterocycles. The van der Waals surface area contributed by atoms with Gasteiger partial charge in [-0.25, -0.2) is 13.4 Å². The molecule has 0 N–H and O–H groups in total. The Morgan fingerprint density at radius 1 is 1.06 bits per heavy atom. The number of amides is 1. The number of rotatable bonds is 7. The smallest absolute Gasteiger partial charge is 0.253 e. The normalized spacial score (nSPS) is 15.2. The topological polar surface area (TPSA) is 70.6 Å². The summed E-state index contributed by atoms with van der Waals surface area (Å²) in [5.74, 6) is 0.732. The van der Waals surface area contributed by atoms with Crippen LogP contribution in [0.4, 0.5) is 0 Å². The summed E-state index contributed by atoms with van der Waals surface area (Å²) < 4.78 is 27.7. The fourth-order valence-corrected chi connectivity index (χ4v) is 6.41. The van der Waals surface area contributed by atoms with E-state index < -0.39 is 10.0 Å². The number of piperazine rings is 1. The van der Waals surface area contributed by atoms with Crippen LogP contribution < -0.4 is 0 Å². The molecule has 0 saturated carbocycles. The minimum atomic E-state index is -3.52. The van der Waals surface area contributed by atoms with Gasteiger partial charge in [0.1, 0.15) is 4.34 Å². The maximum atomic E-state index is 12.9. The molecule has 1 amide bonds. The molecule has 2 heterocycles. The fourth-order valence-electron chi connectivity index (χ4n) is 3.43. The van der Waals surface area contributed by atoms with Crippen LogP contribution in [0.1, 0.15) is 27.2 Å². The molecular weight excluding hydrogens is 474 g/mol. The molecule has 33 heavy (non-hydrogen) atoms. The Balaban J connectivity index is 1.30. The van der Waals surface area contributed by atoms with Crippen molar-refractivity contribution in [2.24, 2.45) is 0 Å². The Hall–Kier alpha value is -2.46. The fraction of sp³-hybridized carbons (Fsp3) is 0.250. The monoisotopic (exact) mass is 499 g/mol. The SMILES string of the molecule is Cc1csc(SCc2ccc(C(=O)N3CCN(S(=O)(=O)/C=C/c4ccccc4)CC3)cc2)n1. The predicted octanol–water partition coefficient (Wildman–Crippen LogP) is 4.50. The van der Waals surface area contributed by atoms with E-state index in [0.29, 0.717) is 18.7 Å². The van der Waals surface area contributed by atoms with Crippen LogP contribution >= 0.6 is 23.1 Å². The van der Waals surface area contributed by atoms with Gasteiger partial charge in [0.2, 0.25) is 10.0 Å². The second-order valence-corrected chi connectivity index (χ2v) is 11.6. The third kappa shape index (κ3) is 6.32. The number of carbonyl (C=O) groups is 1. The van der Waals surface area contributed by atoms with Crippen LogP contribution in [-0.4, -0.2) is 54.7 Å². The van der Waals surface area contributed by atoms with Crippen LogP contribution in [0.3, 0.4) is 0 Å². The number of thioether (sulfide) groups is 1. The van der Waals surface area contributed by atoms with Gasteiger partial charge in [0.05, 0.1) is 0 Å². The van der Waals surface area contributed by atoms with Gasteiger partial charge in [-0.3, -0.25) is 4.79 Å². The van der Waals surface area contributed by atoms with Gasteiger partial charge in [0.25, 0.3) is 5.91 Å². The standard InChI is InChI=1S/C24H25N3O3S3/c1-19-17-31-24(25-19)32-18-21-7-9-22(10-8-21)23(28)26-12-14-27(15-13-26)33(29,30)16-11-20-5-3-2-4-6-20/h2-11,16-17H,12-15,18H2,1H3/b16-11+. The van der Waals surface area contributed by atoms with E-state index >= 15 is 0 Å². The molecule has 0 radical (unpaired) electrons. The van der Waals surface area contributed by atoms with Crippen LogP contribution in [0.5, 0.6) is 0 Å². The minimum Gasteiger partial charge on any atom is -0.336 e. The molecule has 9 heteroatoms. The first-order chi connectivity index (χ1) is 15.9. The second kappa shape index (κ2) is 10.6. The zero-order valence-electron chi connectivity index (χ0n) is 18.3. The Morgan fingerprint density at radius 2 is 1.76 bits per heavy atom. The van der Waals surface area contributed by atoms with Crippen LogP contribution in [0.15, 0.2) is 69.7 Å². The first kappa shape index (κ1) is 23.7. The average Bonchev–Trinajstić information content (AvgIpc) is 3.27. The summed E-state index contributed by atoms with van der Waals surface area (Å²) in [6, 6.07) is 16.9. The Bertz CT molecular complexity index is 1210. The molecule has 1 saturated heterocycles. The van der Waals surface area contributed by atoms with E-state index in [-0.39, 0.29) is 19.0 Å². The lowest BCUT2D eigenvalue weighted by Crippen LogP contribution is -2.50. The number of carbonyl (C=O) groups excluding carboxylic acids is 1. The summed E-state index contributed by atoms with van der Waals surface area (Å²) >= 11 is 3.33. The van der Waals surface area contributed by atoms with E-state index in [1.165, 1.54) is 9.71 Å². The lowest BCUT2D eigenvalue weighted by molar-refractivity contribution is 0.0698. The molecule has 0 unspecified atom stereocenters. The summed E-state index contributed by atoms with van der Waals surface area (Å²) in [5.41, 5.74) is 3.61. The third-order valence-corrected chi connectivity index (χ3v) is 9.05.